The van der Waals surface area contributed by atoms with Gasteiger partial charge in [-0.1, -0.05) is 96.8 Å². The zero-order valence-electron chi connectivity index (χ0n) is 18.3. The van der Waals surface area contributed by atoms with Crippen molar-refractivity contribution in [2.45, 2.75) is 122 Å². The van der Waals surface area contributed by atoms with Crippen LogP contribution < -0.4 is 5.32 Å². The molecule has 0 aromatic rings. The minimum absolute atomic E-state index is 0.170. The molecule has 0 saturated carbocycles. The Morgan fingerprint density at radius 3 is 1.75 bits per heavy atom. The van der Waals surface area contributed by atoms with Gasteiger partial charge in [0.2, 0.25) is 5.91 Å². The smallest absolute Gasteiger partial charge is 0.356 e. The molecule has 6 heteroatoms. The van der Waals surface area contributed by atoms with E-state index in [-0.39, 0.29) is 5.91 Å². The Kier molecular flexibility index (Phi) is 22.4. The number of unbranched alkanes of at least 4 members (excludes halogenated alkanes) is 15. The van der Waals surface area contributed by atoms with Crippen molar-refractivity contribution < 1.29 is 18.8 Å². The van der Waals surface area contributed by atoms with Gasteiger partial charge in [0.05, 0.1) is 0 Å². The maximum atomic E-state index is 11.8. The van der Waals surface area contributed by atoms with Crippen LogP contribution in [0.25, 0.3) is 0 Å². The van der Waals surface area contributed by atoms with E-state index in [1.54, 1.807) is 0 Å². The quantitative estimate of drug-likeness (QED) is 0.150. The van der Waals surface area contributed by atoms with Gasteiger partial charge in [0, 0.05) is 17.5 Å². The first-order chi connectivity index (χ1) is 13.7. The number of rotatable bonds is 22. The lowest BCUT2D eigenvalue weighted by Crippen LogP contribution is -2.23. The monoisotopic (exact) mass is 418 g/mol. The second kappa shape index (κ2) is 22.8. The maximum Gasteiger partial charge on any atom is 0.694 e. The first-order valence-corrected chi connectivity index (χ1v) is 12.9. The molecule has 1 atom stereocenters. The van der Waals surface area contributed by atoms with Crippen molar-refractivity contribution in [3.63, 3.8) is 0 Å². The molecular weight excluding hydrogens is 373 g/mol. The summed E-state index contributed by atoms with van der Waals surface area (Å²) in [6.45, 7) is 3.32. The second-order valence-electron chi connectivity index (χ2n) is 7.83. The van der Waals surface area contributed by atoms with Gasteiger partial charge in [0.25, 0.3) is 0 Å². The van der Waals surface area contributed by atoms with Crippen molar-refractivity contribution in [3.05, 3.63) is 0 Å². The minimum atomic E-state index is -2.46. The normalized spacial score (nSPS) is 11.6. The number of carbonyl (C=O) groups is 1. The summed E-state index contributed by atoms with van der Waals surface area (Å²) in [6.07, 6.45) is 21.6. The first-order valence-electron chi connectivity index (χ1n) is 11.7. The van der Waals surface area contributed by atoms with Crippen LogP contribution in [0.15, 0.2) is 0 Å². The summed E-state index contributed by atoms with van der Waals surface area (Å²) in [5.74, 6) is 0.170. The lowest BCUT2D eigenvalue weighted by molar-refractivity contribution is -0.121. The Balaban J connectivity index is 3.16. The molecule has 0 spiro atoms. The highest BCUT2D eigenvalue weighted by molar-refractivity contribution is 7.32. The molecular formula is C22H45NO4P+. The highest BCUT2D eigenvalue weighted by atomic mass is 31.1. The maximum absolute atomic E-state index is 11.8. The average Bonchev–Trinajstić information content (AvgIpc) is 2.67. The molecule has 0 saturated heterocycles. The van der Waals surface area contributed by atoms with Gasteiger partial charge in [0.1, 0.15) is 6.61 Å². The molecule has 1 amide bonds. The van der Waals surface area contributed by atoms with Gasteiger partial charge in [0.15, 0.2) is 0 Å². The summed E-state index contributed by atoms with van der Waals surface area (Å²) in [5.41, 5.74) is 0. The molecule has 0 radical (unpaired) electrons. The van der Waals surface area contributed by atoms with Crippen molar-refractivity contribution in [3.8, 4) is 0 Å². The molecule has 5 nitrogen and oxygen atoms in total. The van der Waals surface area contributed by atoms with Gasteiger partial charge in [-0.25, -0.2) is 0 Å². The van der Waals surface area contributed by atoms with E-state index < -0.39 is 8.25 Å². The van der Waals surface area contributed by atoms with Crippen LogP contribution in [0, 0.1) is 0 Å². The Morgan fingerprint density at radius 2 is 1.21 bits per heavy atom. The zero-order chi connectivity index (χ0) is 20.7. The third kappa shape index (κ3) is 23.5. The Bertz CT molecular complexity index is 366. The van der Waals surface area contributed by atoms with Crippen LogP contribution in [0.5, 0.6) is 0 Å². The molecule has 1 unspecified atom stereocenters. The number of amides is 1. The summed E-state index contributed by atoms with van der Waals surface area (Å²) in [7, 11) is -2.46. The van der Waals surface area contributed by atoms with Crippen molar-refractivity contribution in [1.29, 1.82) is 0 Å². The molecule has 0 aliphatic carbocycles. The van der Waals surface area contributed by atoms with E-state index in [2.05, 4.69) is 16.8 Å². The molecule has 0 aliphatic rings. The van der Waals surface area contributed by atoms with E-state index in [9.17, 15) is 9.36 Å². The van der Waals surface area contributed by atoms with Crippen LogP contribution in [-0.4, -0.2) is 24.0 Å². The number of nitrogens with one attached hydrogen (secondary N) is 1. The number of hydrogen-bond acceptors (Lipinski definition) is 3. The Labute approximate surface area is 174 Å². The number of hydrogen-bond donors (Lipinski definition) is 2. The summed E-state index contributed by atoms with van der Waals surface area (Å²) >= 11 is 0. The van der Waals surface area contributed by atoms with E-state index in [4.69, 9.17) is 4.89 Å². The van der Waals surface area contributed by atoms with E-state index in [0.29, 0.717) is 13.0 Å². The summed E-state index contributed by atoms with van der Waals surface area (Å²) in [6, 6.07) is 0. The van der Waals surface area contributed by atoms with Crippen LogP contribution in [0.2, 0.25) is 0 Å². The van der Waals surface area contributed by atoms with Crippen LogP contribution >= 0.6 is 8.25 Å². The zero-order valence-corrected chi connectivity index (χ0v) is 19.2. The standard InChI is InChI=1S/C22H44NO4P/c1-2-3-4-5-6-7-8-9-10-11-12-13-16-19-22(24)23-20-17-14-15-18-21-27-28(25)26/h2-21H2,1H3,(H-,23,24,25,26)/p+1. The fraction of sp³-hybridized carbons (Fsp3) is 0.955. The third-order valence-corrected chi connectivity index (χ3v) is 5.51. The molecule has 0 aromatic heterocycles. The number of carbonyl (C=O) groups excluding carboxylic acids is 1. The van der Waals surface area contributed by atoms with Crippen LogP contribution in [0.3, 0.4) is 0 Å². The highest BCUT2D eigenvalue weighted by Crippen LogP contribution is 2.15. The lowest BCUT2D eigenvalue weighted by atomic mass is 10.0. The topological polar surface area (TPSA) is 75.6 Å². The second-order valence-corrected chi connectivity index (χ2v) is 8.56. The van der Waals surface area contributed by atoms with Crippen molar-refractivity contribution >= 4 is 14.2 Å². The van der Waals surface area contributed by atoms with E-state index >= 15 is 0 Å². The van der Waals surface area contributed by atoms with Gasteiger partial charge in [-0.2, -0.15) is 0 Å². The fourth-order valence-electron chi connectivity index (χ4n) is 3.34. The lowest BCUT2D eigenvalue weighted by Gasteiger charge is -2.05. The molecule has 28 heavy (non-hydrogen) atoms. The van der Waals surface area contributed by atoms with Gasteiger partial charge in [-0.3, -0.25) is 4.79 Å². The molecule has 0 heterocycles. The molecule has 0 aromatic carbocycles. The predicted molar refractivity (Wildman–Crippen MR) is 118 cm³/mol. The SMILES string of the molecule is CCCCCCCCCCCCCCCC(=O)NCCCCCCO[P+](=O)O. The van der Waals surface area contributed by atoms with E-state index in [1.807, 2.05) is 0 Å². The predicted octanol–water partition coefficient (Wildman–Crippen LogP) is 6.81. The fourth-order valence-corrected chi connectivity index (χ4v) is 3.63. The van der Waals surface area contributed by atoms with Crippen molar-refractivity contribution in [2.24, 2.45) is 0 Å². The molecule has 0 bridgehead atoms. The van der Waals surface area contributed by atoms with E-state index in [1.165, 1.54) is 70.6 Å². The third-order valence-electron chi connectivity index (χ3n) is 5.10. The van der Waals surface area contributed by atoms with Gasteiger partial charge >= 0.3 is 8.25 Å². The average molecular weight is 419 g/mol. The summed E-state index contributed by atoms with van der Waals surface area (Å²) in [4.78, 5) is 20.2. The Hall–Kier alpha value is -0.510. The van der Waals surface area contributed by atoms with Crippen LogP contribution in [-0.2, 0) is 13.9 Å². The van der Waals surface area contributed by atoms with Crippen LogP contribution in [0.1, 0.15) is 122 Å². The van der Waals surface area contributed by atoms with E-state index in [0.717, 1.165) is 45.1 Å². The molecule has 166 valence electrons. The Morgan fingerprint density at radius 1 is 0.750 bits per heavy atom. The van der Waals surface area contributed by atoms with Crippen LogP contribution in [0.4, 0.5) is 0 Å². The highest BCUT2D eigenvalue weighted by Gasteiger charge is 2.09. The largest absolute Gasteiger partial charge is 0.694 e. The summed E-state index contributed by atoms with van der Waals surface area (Å²) < 4.78 is 14.9. The van der Waals surface area contributed by atoms with Crippen molar-refractivity contribution in [1.82, 2.24) is 5.32 Å². The molecule has 0 rings (SSSR count). The van der Waals surface area contributed by atoms with Gasteiger partial charge < -0.3 is 5.32 Å². The minimum Gasteiger partial charge on any atom is -0.356 e. The van der Waals surface area contributed by atoms with Gasteiger partial charge in [-0.15, -0.1) is 9.42 Å². The molecule has 0 fully saturated rings. The molecule has 0 aliphatic heterocycles. The van der Waals surface area contributed by atoms with Gasteiger partial charge in [-0.05, 0) is 19.3 Å². The summed E-state index contributed by atoms with van der Waals surface area (Å²) in [5, 5.41) is 2.98. The molecule has 2 N–H and O–H groups in total. The first kappa shape index (κ1) is 27.5. The van der Waals surface area contributed by atoms with Crippen molar-refractivity contribution in [2.75, 3.05) is 13.2 Å².